The molecule has 0 radical (unpaired) electrons. The van der Waals surface area contributed by atoms with Gasteiger partial charge in [0.2, 0.25) is 11.8 Å². The molecule has 2 aliphatic rings. The lowest BCUT2D eigenvalue weighted by Gasteiger charge is -2.40. The van der Waals surface area contributed by atoms with Gasteiger partial charge in [0.05, 0.1) is 19.3 Å². The van der Waals surface area contributed by atoms with Crippen molar-refractivity contribution in [1.29, 1.82) is 5.26 Å². The fourth-order valence-electron chi connectivity index (χ4n) is 3.16. The number of ether oxygens (including phenoxy) is 1. The van der Waals surface area contributed by atoms with Crippen molar-refractivity contribution in [2.75, 3.05) is 26.3 Å². The van der Waals surface area contributed by atoms with Crippen molar-refractivity contribution in [3.63, 3.8) is 0 Å². The third kappa shape index (κ3) is 3.18. The topological polar surface area (TPSA) is 82.4 Å². The van der Waals surface area contributed by atoms with Crippen LogP contribution in [0.5, 0.6) is 0 Å². The van der Waals surface area contributed by atoms with E-state index in [0.717, 1.165) is 19.3 Å². The van der Waals surface area contributed by atoms with Gasteiger partial charge >= 0.3 is 0 Å². The Morgan fingerprint density at radius 3 is 2.71 bits per heavy atom. The zero-order valence-corrected chi connectivity index (χ0v) is 12.6. The van der Waals surface area contributed by atoms with Crippen molar-refractivity contribution in [2.24, 2.45) is 5.41 Å². The average Bonchev–Trinajstić information content (AvgIpc) is 2.55. The smallest absolute Gasteiger partial charge is 0.245 e. The van der Waals surface area contributed by atoms with Crippen LogP contribution in [0.15, 0.2) is 0 Å². The maximum absolute atomic E-state index is 12.9. The molecule has 21 heavy (non-hydrogen) atoms. The molecule has 1 atom stereocenters. The van der Waals surface area contributed by atoms with E-state index in [0.29, 0.717) is 32.5 Å². The Kier molecular flexibility index (Phi) is 5.18. The Bertz CT molecular complexity index is 438. The largest absolute Gasteiger partial charge is 0.377 e. The molecule has 1 saturated heterocycles. The second-order valence-corrected chi connectivity index (χ2v) is 5.74. The summed E-state index contributed by atoms with van der Waals surface area (Å²) in [7, 11) is 0. The number of nitrogens with one attached hydrogen (secondary N) is 1. The Labute approximate surface area is 125 Å². The Morgan fingerprint density at radius 1 is 1.38 bits per heavy atom. The van der Waals surface area contributed by atoms with Gasteiger partial charge < -0.3 is 15.0 Å². The van der Waals surface area contributed by atoms with E-state index in [1.165, 1.54) is 0 Å². The van der Waals surface area contributed by atoms with Crippen molar-refractivity contribution in [3.05, 3.63) is 0 Å². The molecule has 0 bridgehead atoms. The summed E-state index contributed by atoms with van der Waals surface area (Å²) >= 11 is 0. The molecular formula is C15H23N3O3. The minimum Gasteiger partial charge on any atom is -0.377 e. The van der Waals surface area contributed by atoms with E-state index in [2.05, 4.69) is 11.4 Å². The normalized spacial score (nSPS) is 25.0. The summed E-state index contributed by atoms with van der Waals surface area (Å²) in [6.45, 7) is 3.36. The Hall–Kier alpha value is -1.61. The summed E-state index contributed by atoms with van der Waals surface area (Å²) in [6, 6.07) is 1.63. The molecule has 0 aromatic heterocycles. The minimum absolute atomic E-state index is 0.191. The number of morpholine rings is 1. The van der Waals surface area contributed by atoms with Gasteiger partial charge in [-0.1, -0.05) is 19.3 Å². The molecule has 1 saturated carbocycles. The molecule has 2 amide bonds. The van der Waals surface area contributed by atoms with Gasteiger partial charge in [-0.15, -0.1) is 0 Å². The minimum atomic E-state index is -0.944. The number of hydrogen-bond acceptors (Lipinski definition) is 4. The standard InChI is InChI=1S/C15H23N3O3/c1-2-17-13(19)12-10-21-9-8-18(12)14(20)15(11-16)6-4-3-5-7-15/h12H,2-10H2,1H3,(H,17,19). The summed E-state index contributed by atoms with van der Waals surface area (Å²) < 4.78 is 5.35. The highest BCUT2D eigenvalue weighted by Gasteiger charge is 2.46. The van der Waals surface area contributed by atoms with Gasteiger partial charge in [0.15, 0.2) is 0 Å². The van der Waals surface area contributed by atoms with E-state index in [1.54, 1.807) is 4.90 Å². The average molecular weight is 293 g/mol. The van der Waals surface area contributed by atoms with Crippen LogP contribution in [0.25, 0.3) is 0 Å². The van der Waals surface area contributed by atoms with Gasteiger partial charge in [-0.3, -0.25) is 9.59 Å². The molecule has 1 aliphatic carbocycles. The van der Waals surface area contributed by atoms with Crippen molar-refractivity contribution < 1.29 is 14.3 Å². The van der Waals surface area contributed by atoms with Gasteiger partial charge in [-0.2, -0.15) is 5.26 Å². The van der Waals surface area contributed by atoms with E-state index < -0.39 is 11.5 Å². The van der Waals surface area contributed by atoms with E-state index in [1.807, 2.05) is 6.92 Å². The van der Waals surface area contributed by atoms with Gasteiger partial charge in [0.25, 0.3) is 0 Å². The van der Waals surface area contributed by atoms with Crippen LogP contribution in [0.1, 0.15) is 39.0 Å². The molecule has 1 heterocycles. The lowest BCUT2D eigenvalue weighted by atomic mass is 9.74. The van der Waals surface area contributed by atoms with E-state index in [9.17, 15) is 14.9 Å². The third-order valence-corrected chi connectivity index (χ3v) is 4.37. The number of nitrogens with zero attached hydrogens (tertiary/aromatic N) is 2. The van der Waals surface area contributed by atoms with E-state index in [-0.39, 0.29) is 18.4 Å². The van der Waals surface area contributed by atoms with Crippen LogP contribution < -0.4 is 5.32 Å². The fourth-order valence-corrected chi connectivity index (χ4v) is 3.16. The van der Waals surface area contributed by atoms with Crippen LogP contribution in [-0.4, -0.2) is 49.1 Å². The van der Waals surface area contributed by atoms with Crippen LogP contribution in [-0.2, 0) is 14.3 Å². The first kappa shape index (κ1) is 15.8. The van der Waals surface area contributed by atoms with E-state index >= 15 is 0 Å². The molecule has 0 spiro atoms. The molecule has 0 aromatic carbocycles. The fraction of sp³-hybridized carbons (Fsp3) is 0.800. The summed E-state index contributed by atoms with van der Waals surface area (Å²) in [5, 5.41) is 12.3. The number of carbonyl (C=O) groups excluding carboxylic acids is 2. The van der Waals surface area contributed by atoms with Crippen LogP contribution >= 0.6 is 0 Å². The molecule has 6 nitrogen and oxygen atoms in total. The summed E-state index contributed by atoms with van der Waals surface area (Å²) in [6.07, 6.45) is 4.06. The number of nitriles is 1. The highest BCUT2D eigenvalue weighted by Crippen LogP contribution is 2.38. The molecule has 2 fully saturated rings. The maximum Gasteiger partial charge on any atom is 0.245 e. The lowest BCUT2D eigenvalue weighted by Crippen LogP contribution is -2.59. The van der Waals surface area contributed by atoms with Crippen molar-refractivity contribution in [1.82, 2.24) is 10.2 Å². The van der Waals surface area contributed by atoms with Crippen LogP contribution in [0.4, 0.5) is 0 Å². The van der Waals surface area contributed by atoms with E-state index in [4.69, 9.17) is 4.74 Å². The van der Waals surface area contributed by atoms with Gasteiger partial charge in [-0.05, 0) is 19.8 Å². The van der Waals surface area contributed by atoms with Gasteiger partial charge in [0, 0.05) is 13.1 Å². The Balaban J connectivity index is 2.18. The first-order chi connectivity index (χ1) is 10.1. The highest BCUT2D eigenvalue weighted by atomic mass is 16.5. The molecule has 0 aromatic rings. The van der Waals surface area contributed by atoms with Crippen LogP contribution in [0, 0.1) is 16.7 Å². The number of carbonyl (C=O) groups is 2. The Morgan fingerprint density at radius 2 is 2.10 bits per heavy atom. The SMILES string of the molecule is CCNC(=O)C1COCCN1C(=O)C1(C#N)CCCCC1. The predicted octanol–water partition coefficient (Wildman–Crippen LogP) is 0.824. The van der Waals surface area contributed by atoms with Gasteiger partial charge in [0.1, 0.15) is 11.5 Å². The highest BCUT2D eigenvalue weighted by molar-refractivity contribution is 5.92. The predicted molar refractivity (Wildman–Crippen MR) is 76.1 cm³/mol. The molecular weight excluding hydrogens is 270 g/mol. The summed E-state index contributed by atoms with van der Waals surface area (Å²) in [5.41, 5.74) is -0.944. The molecule has 6 heteroatoms. The molecule has 1 unspecified atom stereocenters. The maximum atomic E-state index is 12.9. The number of amides is 2. The molecule has 116 valence electrons. The number of hydrogen-bond donors (Lipinski definition) is 1. The van der Waals surface area contributed by atoms with Crippen molar-refractivity contribution >= 4 is 11.8 Å². The quantitative estimate of drug-likeness (QED) is 0.835. The zero-order valence-electron chi connectivity index (χ0n) is 12.6. The summed E-state index contributed by atoms with van der Waals surface area (Å²) in [5.74, 6) is -0.390. The number of likely N-dealkylation sites (N-methyl/N-ethyl adjacent to an activating group) is 1. The first-order valence-corrected chi connectivity index (χ1v) is 7.72. The van der Waals surface area contributed by atoms with Gasteiger partial charge in [-0.25, -0.2) is 0 Å². The second kappa shape index (κ2) is 6.90. The van der Waals surface area contributed by atoms with Crippen LogP contribution in [0.2, 0.25) is 0 Å². The summed E-state index contributed by atoms with van der Waals surface area (Å²) in [4.78, 5) is 26.6. The first-order valence-electron chi connectivity index (χ1n) is 7.72. The van der Waals surface area contributed by atoms with Crippen molar-refractivity contribution in [2.45, 2.75) is 45.1 Å². The third-order valence-electron chi connectivity index (χ3n) is 4.37. The van der Waals surface area contributed by atoms with Crippen molar-refractivity contribution in [3.8, 4) is 6.07 Å². The second-order valence-electron chi connectivity index (χ2n) is 5.74. The number of rotatable bonds is 3. The van der Waals surface area contributed by atoms with Crippen LogP contribution in [0.3, 0.4) is 0 Å². The monoisotopic (exact) mass is 293 g/mol. The molecule has 1 N–H and O–H groups in total. The molecule has 2 rings (SSSR count). The zero-order chi connectivity index (χ0) is 15.3. The lowest BCUT2D eigenvalue weighted by molar-refractivity contribution is -0.155. The molecule has 1 aliphatic heterocycles.